The Bertz CT molecular complexity index is 1070. The van der Waals surface area contributed by atoms with Crippen molar-refractivity contribution in [3.8, 4) is 11.1 Å². The molecule has 4 rings (SSSR count). The second-order valence-corrected chi connectivity index (χ2v) is 8.94. The molecule has 6 heteroatoms. The summed E-state index contributed by atoms with van der Waals surface area (Å²) in [7, 11) is 0. The quantitative estimate of drug-likeness (QED) is 0.390. The predicted octanol–water partition coefficient (Wildman–Crippen LogP) is 4.25. The van der Waals surface area contributed by atoms with Gasteiger partial charge in [-0.2, -0.15) is 12.6 Å². The highest BCUT2D eigenvalue weighted by Crippen LogP contribution is 2.31. The molecule has 0 saturated carbocycles. The molecule has 3 aromatic carbocycles. The molecule has 3 aromatic rings. The van der Waals surface area contributed by atoms with Crippen LogP contribution < -0.4 is 16.4 Å². The first-order chi connectivity index (χ1) is 15.5. The maximum absolute atomic E-state index is 13.3. The molecule has 0 aromatic heterocycles. The van der Waals surface area contributed by atoms with E-state index in [2.05, 4.69) is 35.4 Å². The Morgan fingerprint density at radius 1 is 1.16 bits per heavy atom. The van der Waals surface area contributed by atoms with Crippen LogP contribution in [0.25, 0.3) is 11.1 Å². The monoisotopic (exact) mass is 448 g/mol. The molecule has 4 N–H and O–H groups in total. The van der Waals surface area contributed by atoms with Crippen molar-refractivity contribution in [3.05, 3.63) is 89.2 Å². The summed E-state index contributed by atoms with van der Waals surface area (Å²) >= 11 is 4.54. The molecule has 1 amide bonds. The van der Waals surface area contributed by atoms with E-state index in [1.54, 1.807) is 12.1 Å². The van der Waals surface area contributed by atoms with E-state index in [1.807, 2.05) is 30.3 Å². The number of carbonyl (C=O) groups excluding carboxylic acids is 1. The second-order valence-electron chi connectivity index (χ2n) is 8.20. The van der Waals surface area contributed by atoms with Gasteiger partial charge in [0, 0.05) is 35.6 Å². The van der Waals surface area contributed by atoms with Crippen molar-refractivity contribution >= 4 is 24.2 Å². The smallest absolute Gasteiger partial charge is 0.249 e. The first kappa shape index (κ1) is 22.4. The van der Waals surface area contributed by atoms with Gasteiger partial charge in [-0.3, -0.25) is 4.79 Å². The van der Waals surface area contributed by atoms with E-state index in [9.17, 15) is 9.18 Å². The molecule has 1 fully saturated rings. The number of anilines is 1. The Morgan fingerprint density at radius 3 is 2.56 bits per heavy atom. The lowest BCUT2D eigenvalue weighted by molar-refractivity contribution is 0.0999. The minimum Gasteiger partial charge on any atom is -0.383 e. The summed E-state index contributed by atoms with van der Waals surface area (Å²) in [5, 5.41) is 7.29. The summed E-state index contributed by atoms with van der Waals surface area (Å²) in [5.41, 5.74) is 11.0. The first-order valence-corrected chi connectivity index (χ1v) is 11.3. The van der Waals surface area contributed by atoms with Crippen molar-refractivity contribution in [1.82, 2.24) is 5.32 Å². The van der Waals surface area contributed by atoms with Gasteiger partial charge in [0.2, 0.25) is 5.91 Å². The van der Waals surface area contributed by atoms with Crippen molar-refractivity contribution in [1.29, 1.82) is 0 Å². The van der Waals surface area contributed by atoms with Gasteiger partial charge in [-0.1, -0.05) is 36.4 Å². The number of rotatable bonds is 8. The van der Waals surface area contributed by atoms with Crippen LogP contribution in [-0.2, 0) is 12.8 Å². The van der Waals surface area contributed by atoms with Crippen LogP contribution in [0.1, 0.15) is 27.9 Å². The van der Waals surface area contributed by atoms with Gasteiger partial charge in [-0.15, -0.1) is 0 Å². The zero-order chi connectivity index (χ0) is 22.5. The molecule has 165 valence electrons. The number of benzene rings is 3. The zero-order valence-corrected chi connectivity index (χ0v) is 18.7. The SMILES string of the molecule is NC(=O)c1cc(NC[C@@H]2C[C@H](S)CN2)cc(-c2cc[c]cc2)c1CCc1ccc(F)cc1. The third kappa shape index (κ3) is 5.50. The van der Waals surface area contributed by atoms with Gasteiger partial charge in [0.25, 0.3) is 0 Å². The molecule has 1 heterocycles. The molecule has 1 aliphatic heterocycles. The van der Waals surface area contributed by atoms with E-state index in [-0.39, 0.29) is 5.82 Å². The second kappa shape index (κ2) is 10.2. The van der Waals surface area contributed by atoms with Crippen LogP contribution in [0.2, 0.25) is 0 Å². The number of aryl methyl sites for hydroxylation is 1. The average Bonchev–Trinajstić information content (AvgIpc) is 3.22. The summed E-state index contributed by atoms with van der Waals surface area (Å²) < 4.78 is 13.3. The summed E-state index contributed by atoms with van der Waals surface area (Å²) in [4.78, 5) is 12.4. The van der Waals surface area contributed by atoms with Gasteiger partial charge < -0.3 is 16.4 Å². The lowest BCUT2D eigenvalue weighted by Gasteiger charge is -2.19. The van der Waals surface area contributed by atoms with Gasteiger partial charge in [0.05, 0.1) is 0 Å². The van der Waals surface area contributed by atoms with Crippen molar-refractivity contribution in [2.75, 3.05) is 18.4 Å². The van der Waals surface area contributed by atoms with E-state index in [1.165, 1.54) is 12.1 Å². The van der Waals surface area contributed by atoms with Crippen LogP contribution in [0.5, 0.6) is 0 Å². The van der Waals surface area contributed by atoms with Crippen LogP contribution in [0.15, 0.2) is 60.7 Å². The molecular formula is C26H27FN3OS. The highest BCUT2D eigenvalue weighted by Gasteiger charge is 2.21. The highest BCUT2D eigenvalue weighted by molar-refractivity contribution is 7.81. The summed E-state index contributed by atoms with van der Waals surface area (Å²) in [6.45, 7) is 1.64. The normalized spacial score (nSPS) is 17.9. The molecule has 4 nitrogen and oxygen atoms in total. The van der Waals surface area contributed by atoms with Gasteiger partial charge in [-0.05, 0) is 71.8 Å². The van der Waals surface area contributed by atoms with E-state index in [4.69, 9.17) is 5.73 Å². The van der Waals surface area contributed by atoms with Gasteiger partial charge in [-0.25, -0.2) is 4.39 Å². The molecule has 32 heavy (non-hydrogen) atoms. The summed E-state index contributed by atoms with van der Waals surface area (Å²) in [5.74, 6) is -0.717. The topological polar surface area (TPSA) is 67.2 Å². The third-order valence-electron chi connectivity index (χ3n) is 5.87. The number of halogens is 1. The van der Waals surface area contributed by atoms with E-state index < -0.39 is 5.91 Å². The molecule has 0 spiro atoms. The number of amides is 1. The minimum atomic E-state index is -0.457. The third-order valence-corrected chi connectivity index (χ3v) is 6.27. The van der Waals surface area contributed by atoms with E-state index in [0.29, 0.717) is 29.7 Å². The van der Waals surface area contributed by atoms with Crippen LogP contribution >= 0.6 is 12.6 Å². The number of primary amides is 1. The lowest BCUT2D eigenvalue weighted by atomic mass is 9.90. The predicted molar refractivity (Wildman–Crippen MR) is 131 cm³/mol. The lowest BCUT2D eigenvalue weighted by Crippen LogP contribution is -2.29. The fraction of sp³-hybridized carbons (Fsp3) is 0.269. The molecule has 0 bridgehead atoms. The number of nitrogens with one attached hydrogen (secondary N) is 2. The molecule has 0 aliphatic carbocycles. The maximum Gasteiger partial charge on any atom is 0.249 e. The van der Waals surface area contributed by atoms with Crippen LogP contribution in [0.3, 0.4) is 0 Å². The average molecular weight is 449 g/mol. The summed E-state index contributed by atoms with van der Waals surface area (Å²) in [6.07, 6.45) is 2.29. The molecule has 1 radical (unpaired) electrons. The van der Waals surface area contributed by atoms with Crippen molar-refractivity contribution in [3.63, 3.8) is 0 Å². The van der Waals surface area contributed by atoms with Gasteiger partial charge >= 0.3 is 0 Å². The molecular weight excluding hydrogens is 421 g/mol. The van der Waals surface area contributed by atoms with Crippen LogP contribution in [-0.4, -0.2) is 30.3 Å². The number of hydrogen-bond donors (Lipinski definition) is 4. The Labute approximate surface area is 193 Å². The molecule has 2 atom stereocenters. The molecule has 1 aliphatic rings. The number of thiol groups is 1. The maximum atomic E-state index is 13.3. The minimum absolute atomic E-state index is 0.260. The fourth-order valence-corrected chi connectivity index (χ4v) is 4.56. The van der Waals surface area contributed by atoms with Crippen molar-refractivity contribution in [2.45, 2.75) is 30.6 Å². The van der Waals surface area contributed by atoms with Crippen LogP contribution in [0, 0.1) is 11.9 Å². The van der Waals surface area contributed by atoms with Crippen molar-refractivity contribution < 1.29 is 9.18 Å². The highest BCUT2D eigenvalue weighted by atomic mass is 32.1. The van der Waals surface area contributed by atoms with E-state index in [0.717, 1.165) is 47.5 Å². The number of nitrogens with two attached hydrogens (primary N) is 1. The largest absolute Gasteiger partial charge is 0.383 e. The number of carbonyl (C=O) groups is 1. The van der Waals surface area contributed by atoms with E-state index >= 15 is 0 Å². The fourth-order valence-electron chi connectivity index (χ4n) is 4.20. The zero-order valence-electron chi connectivity index (χ0n) is 17.8. The van der Waals surface area contributed by atoms with Crippen molar-refractivity contribution in [2.24, 2.45) is 5.73 Å². The number of hydrogen-bond acceptors (Lipinski definition) is 4. The first-order valence-electron chi connectivity index (χ1n) is 10.8. The Balaban J connectivity index is 1.66. The van der Waals surface area contributed by atoms with Gasteiger partial charge in [0.15, 0.2) is 0 Å². The van der Waals surface area contributed by atoms with Gasteiger partial charge in [0.1, 0.15) is 5.82 Å². The Hall–Kier alpha value is -2.83. The molecule has 1 saturated heterocycles. The summed E-state index contributed by atoms with van der Waals surface area (Å²) in [6, 6.07) is 21.4. The Morgan fingerprint density at radius 2 is 1.91 bits per heavy atom. The standard InChI is InChI=1S/C26H27FN3OS/c27-19-9-6-17(7-10-19)8-11-23-24(18-4-2-1-3-5-18)13-20(14-25(23)26(28)31)29-15-21-12-22(32)16-30-21/h2-7,9-10,13-14,21-22,29-30,32H,8,11-12,15-16H2,(H2,28,31)/t21-,22-/m0/s1. The molecule has 0 unspecified atom stereocenters. The Kier molecular flexibility index (Phi) is 7.12. The van der Waals surface area contributed by atoms with Crippen LogP contribution in [0.4, 0.5) is 10.1 Å².